The molecule has 1 saturated heterocycles. The molecule has 14 heteroatoms. The number of para-hydroxylation sites is 1. The number of piperazine rings is 1. The van der Waals surface area contributed by atoms with Crippen LogP contribution in [0.4, 0.5) is 17.1 Å². The van der Waals surface area contributed by atoms with Crippen LogP contribution in [0.3, 0.4) is 0 Å². The number of carbonyl (C=O) groups excluding carboxylic acids is 1. The van der Waals surface area contributed by atoms with E-state index in [1.165, 1.54) is 11.6 Å². The van der Waals surface area contributed by atoms with E-state index in [9.17, 15) is 24.8 Å². The number of aryl methyl sites for hydroxylation is 1. The van der Waals surface area contributed by atoms with Gasteiger partial charge in [-0.25, -0.2) is 4.63 Å². The maximum Gasteiger partial charge on any atom is 0.307 e. The third-order valence-electron chi connectivity index (χ3n) is 8.54. The Bertz CT molecular complexity index is 1980. The number of benzene rings is 4. The molecule has 0 unspecified atom stereocenters. The maximum absolute atomic E-state index is 13.1. The van der Waals surface area contributed by atoms with Gasteiger partial charge >= 0.3 is 11.7 Å². The van der Waals surface area contributed by atoms with Gasteiger partial charge in [0.1, 0.15) is 0 Å². The smallest absolute Gasteiger partial charge is 0.307 e. The van der Waals surface area contributed by atoms with Gasteiger partial charge in [0.25, 0.3) is 5.91 Å². The average molecular weight is 686 g/mol. The summed E-state index contributed by atoms with van der Waals surface area (Å²) in [6.07, 6.45) is -0.173. The van der Waals surface area contributed by atoms with Gasteiger partial charge in [-0.3, -0.25) is 29.5 Å². The number of amides is 1. The number of aromatic nitrogens is 2. The van der Waals surface area contributed by atoms with Crippen LogP contribution >= 0.6 is 12.4 Å². The van der Waals surface area contributed by atoms with Crippen molar-refractivity contribution < 1.29 is 24.2 Å². The van der Waals surface area contributed by atoms with Crippen LogP contribution in [0.5, 0.6) is 0 Å². The van der Waals surface area contributed by atoms with Gasteiger partial charge < -0.3 is 15.7 Å². The molecular formula is C35H36ClN7O6. The number of fused-ring (bicyclic) bond motifs is 1. The number of carboxylic acid groups (broad SMARTS) is 1. The average Bonchev–Trinajstić information content (AvgIpc) is 3.57. The number of nitrogens with zero attached hydrogens (tertiary/aromatic N) is 5. The molecule has 0 spiro atoms. The van der Waals surface area contributed by atoms with Crippen molar-refractivity contribution in [3.05, 3.63) is 111 Å². The Kier molecular flexibility index (Phi) is 11.2. The minimum atomic E-state index is -0.959. The van der Waals surface area contributed by atoms with Crippen LogP contribution in [-0.2, 0) is 17.8 Å². The Hall–Kier alpha value is -5.37. The van der Waals surface area contributed by atoms with Crippen molar-refractivity contribution in [3.63, 3.8) is 0 Å². The van der Waals surface area contributed by atoms with Gasteiger partial charge in [-0.1, -0.05) is 48.5 Å². The highest BCUT2D eigenvalue weighted by Gasteiger charge is 2.21. The van der Waals surface area contributed by atoms with Crippen molar-refractivity contribution in [1.29, 1.82) is 0 Å². The summed E-state index contributed by atoms with van der Waals surface area (Å²) in [5, 5.41) is 34.1. The summed E-state index contributed by atoms with van der Waals surface area (Å²) in [5.74, 6) is -1.26. The summed E-state index contributed by atoms with van der Waals surface area (Å²) in [5.41, 5.74) is 6.85. The lowest BCUT2D eigenvalue weighted by atomic mass is 9.96. The fraction of sp³-hybridized carbons (Fsp3) is 0.257. The van der Waals surface area contributed by atoms with Crippen molar-refractivity contribution in [2.45, 2.75) is 19.9 Å². The Morgan fingerprint density at radius 1 is 0.918 bits per heavy atom. The molecule has 254 valence electrons. The van der Waals surface area contributed by atoms with E-state index in [1.54, 1.807) is 36.4 Å². The number of rotatable bonds is 12. The Labute approximate surface area is 288 Å². The van der Waals surface area contributed by atoms with Crippen LogP contribution in [0.2, 0.25) is 0 Å². The number of carboxylic acids is 1. The van der Waals surface area contributed by atoms with Gasteiger partial charge in [-0.05, 0) is 69.3 Å². The second kappa shape index (κ2) is 15.7. The van der Waals surface area contributed by atoms with Crippen molar-refractivity contribution in [1.82, 2.24) is 20.1 Å². The highest BCUT2D eigenvalue weighted by molar-refractivity contribution is 6.05. The Morgan fingerprint density at radius 3 is 2.43 bits per heavy atom. The minimum absolute atomic E-state index is 0. The van der Waals surface area contributed by atoms with E-state index in [0.29, 0.717) is 34.6 Å². The highest BCUT2D eigenvalue weighted by Crippen LogP contribution is 2.29. The molecule has 1 aromatic heterocycles. The molecular weight excluding hydrogens is 650 g/mol. The number of nitro benzene ring substituents is 1. The number of hydrogen-bond donors (Lipinski definition) is 3. The Balaban J connectivity index is 0.00000468. The predicted octanol–water partition coefficient (Wildman–Crippen LogP) is 5.64. The monoisotopic (exact) mass is 685 g/mol. The first-order chi connectivity index (χ1) is 23.2. The van der Waals surface area contributed by atoms with Crippen LogP contribution < -0.4 is 10.6 Å². The van der Waals surface area contributed by atoms with Crippen LogP contribution in [0.25, 0.3) is 22.2 Å². The topological polar surface area (TPSA) is 167 Å². The zero-order chi connectivity index (χ0) is 33.6. The third kappa shape index (κ3) is 8.38. The second-order valence-corrected chi connectivity index (χ2v) is 11.8. The van der Waals surface area contributed by atoms with Crippen molar-refractivity contribution in [2.24, 2.45) is 0 Å². The standard InChI is InChI=1S/C35H35N7O6.ClH/c1-23-19-24(9-10-28(23)25-6-4-7-27(20-25)35(45)37-29-8-3-2-5-26(29)21-32(43)44)22-41-17-15-40(16-18-41)14-13-36-30-11-12-31(42(46)47)34-33(30)38-48-39-34;/h2-12,19-20,36H,13-18,21-22H2,1H3,(H,37,45)(H,43,44);1H. The molecule has 5 aromatic rings. The minimum Gasteiger partial charge on any atom is -0.481 e. The highest BCUT2D eigenvalue weighted by atomic mass is 35.5. The van der Waals surface area contributed by atoms with Gasteiger partial charge in [0.05, 0.1) is 17.0 Å². The van der Waals surface area contributed by atoms with Crippen molar-refractivity contribution in [3.8, 4) is 11.1 Å². The van der Waals surface area contributed by atoms with E-state index in [0.717, 1.165) is 56.0 Å². The lowest BCUT2D eigenvalue weighted by Gasteiger charge is -2.34. The number of nitrogens with one attached hydrogen (secondary N) is 2. The molecule has 0 atom stereocenters. The lowest BCUT2D eigenvalue weighted by molar-refractivity contribution is -0.383. The van der Waals surface area contributed by atoms with Crippen LogP contribution in [0, 0.1) is 17.0 Å². The molecule has 1 amide bonds. The fourth-order valence-electron chi connectivity index (χ4n) is 6.05. The largest absolute Gasteiger partial charge is 0.481 e. The summed E-state index contributed by atoms with van der Waals surface area (Å²) < 4.78 is 4.74. The van der Waals surface area contributed by atoms with Crippen LogP contribution in [-0.4, -0.2) is 81.3 Å². The third-order valence-corrected chi connectivity index (χ3v) is 8.54. The summed E-state index contributed by atoms with van der Waals surface area (Å²) in [7, 11) is 0. The number of aliphatic carboxylic acids is 1. The van der Waals surface area contributed by atoms with E-state index in [4.69, 9.17) is 4.63 Å². The molecule has 1 aliphatic rings. The molecule has 1 aliphatic heterocycles. The zero-order valence-electron chi connectivity index (χ0n) is 26.8. The van der Waals surface area contributed by atoms with Crippen LogP contribution in [0.15, 0.2) is 83.5 Å². The molecule has 0 bridgehead atoms. The number of halogens is 1. The molecule has 1 fully saturated rings. The molecule has 0 radical (unpaired) electrons. The summed E-state index contributed by atoms with van der Waals surface area (Å²) >= 11 is 0. The SMILES string of the molecule is Cc1cc(CN2CCN(CCNc3ccc([N+](=O)[O-])c4nonc34)CC2)ccc1-c1cccc(C(=O)Nc2ccccc2CC(=O)O)c1.Cl. The van der Waals surface area contributed by atoms with Crippen LogP contribution in [0.1, 0.15) is 27.0 Å². The van der Waals surface area contributed by atoms with Crippen molar-refractivity contribution in [2.75, 3.05) is 49.9 Å². The number of carbonyl (C=O) groups is 2. The normalized spacial score (nSPS) is 13.5. The first-order valence-electron chi connectivity index (χ1n) is 15.6. The van der Waals surface area contributed by atoms with E-state index in [-0.39, 0.29) is 35.9 Å². The van der Waals surface area contributed by atoms with E-state index < -0.39 is 10.9 Å². The summed E-state index contributed by atoms with van der Waals surface area (Å²) in [4.78, 5) is 39.9. The second-order valence-electron chi connectivity index (χ2n) is 11.8. The predicted molar refractivity (Wildman–Crippen MR) is 188 cm³/mol. The lowest BCUT2D eigenvalue weighted by Crippen LogP contribution is -2.47. The van der Waals surface area contributed by atoms with Gasteiger partial charge in [-0.15, -0.1) is 12.4 Å². The summed E-state index contributed by atoms with van der Waals surface area (Å²) in [6, 6.07) is 23.9. The van der Waals surface area contributed by atoms with E-state index in [2.05, 4.69) is 55.9 Å². The molecule has 6 rings (SSSR count). The molecule has 3 N–H and O–H groups in total. The molecule has 49 heavy (non-hydrogen) atoms. The van der Waals surface area contributed by atoms with E-state index >= 15 is 0 Å². The number of anilines is 2. The van der Waals surface area contributed by atoms with Gasteiger partial charge in [0.15, 0.2) is 5.52 Å². The molecule has 4 aromatic carbocycles. The Morgan fingerprint density at radius 2 is 1.67 bits per heavy atom. The molecule has 0 saturated carbocycles. The molecule has 2 heterocycles. The number of nitro groups is 1. The number of non-ortho nitro benzene ring substituents is 1. The van der Waals surface area contributed by atoms with Gasteiger partial charge in [0, 0.05) is 63.1 Å². The molecule has 0 aliphatic carbocycles. The zero-order valence-corrected chi connectivity index (χ0v) is 27.6. The van der Waals surface area contributed by atoms with Gasteiger partial charge in [0.2, 0.25) is 5.52 Å². The van der Waals surface area contributed by atoms with Crippen molar-refractivity contribution >= 4 is 52.4 Å². The quantitative estimate of drug-likeness (QED) is 0.110. The van der Waals surface area contributed by atoms with Gasteiger partial charge in [-0.2, -0.15) is 0 Å². The maximum atomic E-state index is 13.1. The fourth-order valence-corrected chi connectivity index (χ4v) is 6.05. The summed E-state index contributed by atoms with van der Waals surface area (Å²) in [6.45, 7) is 8.10. The number of hydrogen-bond acceptors (Lipinski definition) is 10. The first kappa shape index (κ1) is 35.0. The molecule has 13 nitrogen and oxygen atoms in total. The first-order valence-corrected chi connectivity index (χ1v) is 15.6. The van der Waals surface area contributed by atoms with E-state index in [1.807, 2.05) is 18.2 Å².